The van der Waals surface area contributed by atoms with Crippen molar-refractivity contribution in [3.8, 4) is 0 Å². The first-order valence-corrected chi connectivity index (χ1v) is 8.91. The molecule has 1 fully saturated rings. The van der Waals surface area contributed by atoms with Crippen LogP contribution < -0.4 is 15.5 Å². The number of amides is 1. The van der Waals surface area contributed by atoms with Gasteiger partial charge in [-0.3, -0.25) is 4.79 Å². The molecule has 0 saturated carbocycles. The summed E-state index contributed by atoms with van der Waals surface area (Å²) in [5.41, 5.74) is 2.67. The highest BCUT2D eigenvalue weighted by Crippen LogP contribution is 2.22. The van der Waals surface area contributed by atoms with Gasteiger partial charge < -0.3 is 15.5 Å². The highest BCUT2D eigenvalue weighted by molar-refractivity contribution is 5.90. The van der Waals surface area contributed by atoms with Gasteiger partial charge in [0.2, 0.25) is 11.9 Å². The van der Waals surface area contributed by atoms with Crippen LogP contribution >= 0.6 is 0 Å². The number of hydrogen-bond donors (Lipinski definition) is 2. The molecule has 6 heteroatoms. The third-order valence-corrected chi connectivity index (χ3v) is 4.24. The summed E-state index contributed by atoms with van der Waals surface area (Å²) in [4.78, 5) is 22.9. The summed E-state index contributed by atoms with van der Waals surface area (Å²) in [7, 11) is 0. The second kappa shape index (κ2) is 7.96. The van der Waals surface area contributed by atoms with E-state index in [1.54, 1.807) is 0 Å². The lowest BCUT2D eigenvalue weighted by Gasteiger charge is -2.27. The Hall–Kier alpha value is -2.63. The molecule has 1 aromatic carbocycles. The Labute approximate surface area is 148 Å². The maximum atomic E-state index is 11.4. The molecule has 0 aliphatic carbocycles. The first kappa shape index (κ1) is 17.2. The van der Waals surface area contributed by atoms with Crippen LogP contribution in [0, 0.1) is 6.92 Å². The number of nitrogens with one attached hydrogen (secondary N) is 2. The van der Waals surface area contributed by atoms with Crippen molar-refractivity contribution >= 4 is 29.0 Å². The highest BCUT2D eigenvalue weighted by atomic mass is 16.1. The van der Waals surface area contributed by atoms with Gasteiger partial charge in [-0.1, -0.05) is 6.92 Å². The minimum absolute atomic E-state index is 0.0123. The van der Waals surface area contributed by atoms with E-state index in [9.17, 15) is 4.79 Å². The predicted octanol–water partition coefficient (Wildman–Crippen LogP) is 3.87. The van der Waals surface area contributed by atoms with E-state index in [2.05, 4.69) is 25.5 Å². The molecule has 1 aliphatic rings. The zero-order valence-corrected chi connectivity index (χ0v) is 14.9. The molecule has 1 saturated heterocycles. The number of benzene rings is 1. The van der Waals surface area contributed by atoms with Crippen molar-refractivity contribution in [3.05, 3.63) is 36.0 Å². The zero-order chi connectivity index (χ0) is 17.6. The number of piperidine rings is 1. The molecule has 2 N–H and O–H groups in total. The van der Waals surface area contributed by atoms with Gasteiger partial charge in [0.05, 0.1) is 0 Å². The quantitative estimate of drug-likeness (QED) is 0.865. The number of hydrogen-bond acceptors (Lipinski definition) is 5. The third kappa shape index (κ3) is 4.68. The lowest BCUT2D eigenvalue weighted by Crippen LogP contribution is -2.31. The van der Waals surface area contributed by atoms with E-state index in [0.717, 1.165) is 41.9 Å². The van der Waals surface area contributed by atoms with E-state index >= 15 is 0 Å². The fourth-order valence-electron chi connectivity index (χ4n) is 2.89. The maximum absolute atomic E-state index is 11.4. The van der Waals surface area contributed by atoms with E-state index in [1.165, 1.54) is 19.3 Å². The Morgan fingerprint density at radius 2 is 1.76 bits per heavy atom. The Kier molecular flexibility index (Phi) is 5.48. The lowest BCUT2D eigenvalue weighted by molar-refractivity contribution is -0.115. The molecule has 2 heterocycles. The molecule has 1 aromatic heterocycles. The van der Waals surface area contributed by atoms with Crippen molar-refractivity contribution in [2.45, 2.75) is 39.5 Å². The number of carbonyl (C=O) groups is 1. The molecular weight excluding hydrogens is 314 g/mol. The molecule has 0 spiro atoms. The Balaban J connectivity index is 1.71. The fourth-order valence-corrected chi connectivity index (χ4v) is 2.89. The molecule has 1 aliphatic heterocycles. The van der Waals surface area contributed by atoms with Crippen molar-refractivity contribution < 1.29 is 4.79 Å². The van der Waals surface area contributed by atoms with Crippen molar-refractivity contribution in [3.63, 3.8) is 0 Å². The van der Waals surface area contributed by atoms with Crippen molar-refractivity contribution in [1.29, 1.82) is 0 Å². The van der Waals surface area contributed by atoms with Gasteiger partial charge in [0, 0.05) is 42.6 Å². The van der Waals surface area contributed by atoms with E-state index < -0.39 is 0 Å². The van der Waals surface area contributed by atoms with Crippen LogP contribution in [0.25, 0.3) is 0 Å². The Morgan fingerprint density at radius 1 is 1.08 bits per heavy atom. The van der Waals surface area contributed by atoms with Crippen molar-refractivity contribution in [2.75, 3.05) is 28.6 Å². The first-order chi connectivity index (χ1) is 12.1. The van der Waals surface area contributed by atoms with Crippen LogP contribution in [-0.2, 0) is 4.79 Å². The standard InChI is InChI=1S/C19H25N5O/c1-3-18(25)22-16-9-7-15(8-10-16)21-17-13-14(2)20-19(23-17)24-11-5-4-6-12-24/h7-10,13H,3-6,11-12H2,1-2H3,(H,22,25)(H,20,21,23). The molecule has 6 nitrogen and oxygen atoms in total. The number of aryl methyl sites for hydroxylation is 1. The summed E-state index contributed by atoms with van der Waals surface area (Å²) in [6.45, 7) is 5.87. The number of rotatable bonds is 5. The number of aromatic nitrogens is 2. The van der Waals surface area contributed by atoms with Crippen LogP contribution in [0.1, 0.15) is 38.3 Å². The normalized spacial score (nSPS) is 14.2. The molecule has 25 heavy (non-hydrogen) atoms. The second-order valence-electron chi connectivity index (χ2n) is 6.35. The summed E-state index contributed by atoms with van der Waals surface area (Å²) in [6, 6.07) is 9.58. The van der Waals surface area contributed by atoms with Crippen LogP contribution in [0.4, 0.5) is 23.1 Å². The summed E-state index contributed by atoms with van der Waals surface area (Å²) in [5.74, 6) is 1.60. The molecule has 1 amide bonds. The zero-order valence-electron chi connectivity index (χ0n) is 14.9. The van der Waals surface area contributed by atoms with Crippen LogP contribution in [0.5, 0.6) is 0 Å². The van der Waals surface area contributed by atoms with E-state index in [1.807, 2.05) is 44.2 Å². The second-order valence-corrected chi connectivity index (χ2v) is 6.35. The van der Waals surface area contributed by atoms with Gasteiger partial charge in [0.1, 0.15) is 5.82 Å². The molecule has 3 rings (SSSR count). The van der Waals surface area contributed by atoms with Crippen molar-refractivity contribution in [2.24, 2.45) is 0 Å². The average molecular weight is 339 g/mol. The molecule has 2 aromatic rings. The van der Waals surface area contributed by atoms with Gasteiger partial charge in [-0.2, -0.15) is 4.98 Å². The summed E-state index contributed by atoms with van der Waals surface area (Å²) < 4.78 is 0. The molecule has 0 atom stereocenters. The van der Waals surface area contributed by atoms with Crippen molar-refractivity contribution in [1.82, 2.24) is 9.97 Å². The van der Waals surface area contributed by atoms with Gasteiger partial charge in [-0.25, -0.2) is 4.98 Å². The summed E-state index contributed by atoms with van der Waals surface area (Å²) >= 11 is 0. The van der Waals surface area contributed by atoms with Crippen LogP contribution in [0.3, 0.4) is 0 Å². The van der Waals surface area contributed by atoms with Gasteiger partial charge >= 0.3 is 0 Å². The summed E-state index contributed by atoms with van der Waals surface area (Å²) in [6.07, 6.45) is 4.16. The molecular formula is C19H25N5O. The third-order valence-electron chi connectivity index (χ3n) is 4.24. The van der Waals surface area contributed by atoms with Crippen LogP contribution in [0.15, 0.2) is 30.3 Å². The monoisotopic (exact) mass is 339 g/mol. The molecule has 0 bridgehead atoms. The molecule has 0 radical (unpaired) electrons. The smallest absolute Gasteiger partial charge is 0.227 e. The van der Waals surface area contributed by atoms with E-state index in [4.69, 9.17) is 0 Å². The Morgan fingerprint density at radius 3 is 2.44 bits per heavy atom. The lowest BCUT2D eigenvalue weighted by atomic mass is 10.1. The van der Waals surface area contributed by atoms with E-state index in [0.29, 0.717) is 6.42 Å². The minimum Gasteiger partial charge on any atom is -0.341 e. The van der Waals surface area contributed by atoms with Gasteiger partial charge in [-0.15, -0.1) is 0 Å². The summed E-state index contributed by atoms with van der Waals surface area (Å²) in [5, 5.41) is 6.17. The van der Waals surface area contributed by atoms with Gasteiger partial charge in [0.15, 0.2) is 0 Å². The predicted molar refractivity (Wildman–Crippen MR) is 101 cm³/mol. The SMILES string of the molecule is CCC(=O)Nc1ccc(Nc2cc(C)nc(N3CCCCC3)n2)cc1. The fraction of sp³-hybridized carbons (Fsp3) is 0.421. The first-order valence-electron chi connectivity index (χ1n) is 8.91. The largest absolute Gasteiger partial charge is 0.341 e. The number of nitrogens with zero attached hydrogens (tertiary/aromatic N) is 3. The Bertz CT molecular complexity index is 723. The maximum Gasteiger partial charge on any atom is 0.227 e. The average Bonchev–Trinajstić information content (AvgIpc) is 2.63. The molecule has 132 valence electrons. The minimum atomic E-state index is 0.0123. The number of anilines is 4. The molecule has 0 unspecified atom stereocenters. The van der Waals surface area contributed by atoms with Gasteiger partial charge in [-0.05, 0) is 50.5 Å². The van der Waals surface area contributed by atoms with Gasteiger partial charge in [0.25, 0.3) is 0 Å². The van der Waals surface area contributed by atoms with Crippen LogP contribution in [0.2, 0.25) is 0 Å². The topological polar surface area (TPSA) is 70.2 Å². The van der Waals surface area contributed by atoms with E-state index in [-0.39, 0.29) is 5.91 Å². The highest BCUT2D eigenvalue weighted by Gasteiger charge is 2.14. The van der Waals surface area contributed by atoms with Crippen LogP contribution in [-0.4, -0.2) is 29.0 Å². The number of carbonyl (C=O) groups excluding carboxylic acids is 1.